The molecule has 0 saturated heterocycles. The Morgan fingerprint density at radius 3 is 2.48 bits per heavy atom. The summed E-state index contributed by atoms with van der Waals surface area (Å²) in [4.78, 5) is 14.3. The predicted molar refractivity (Wildman–Crippen MR) is 86.6 cm³/mol. The molecule has 2 aromatic heterocycles. The first-order chi connectivity index (χ1) is 10.0. The van der Waals surface area contributed by atoms with Crippen molar-refractivity contribution in [1.82, 2.24) is 0 Å². The molecule has 1 aromatic carbocycles. The minimum absolute atomic E-state index is 0.290. The normalized spacial score (nSPS) is 11.0. The van der Waals surface area contributed by atoms with E-state index in [9.17, 15) is 4.79 Å². The summed E-state index contributed by atoms with van der Waals surface area (Å²) in [6.45, 7) is 5.77. The van der Waals surface area contributed by atoms with E-state index in [1.165, 1.54) is 4.88 Å². The van der Waals surface area contributed by atoms with Crippen molar-refractivity contribution in [3.05, 3.63) is 50.7 Å². The van der Waals surface area contributed by atoms with Crippen LogP contribution in [0.5, 0.6) is 5.75 Å². The van der Waals surface area contributed by atoms with Gasteiger partial charge in [0.15, 0.2) is 0 Å². The zero-order valence-electron chi connectivity index (χ0n) is 12.4. The van der Waals surface area contributed by atoms with E-state index in [0.717, 1.165) is 27.1 Å². The van der Waals surface area contributed by atoms with Gasteiger partial charge in [0, 0.05) is 15.3 Å². The molecule has 0 bridgehead atoms. The van der Waals surface area contributed by atoms with Gasteiger partial charge in [0.2, 0.25) is 0 Å². The Balaban J connectivity index is 2.37. The molecule has 0 aliphatic carbocycles. The number of methoxy groups -OCH3 is 1. The molecule has 0 amide bonds. The number of thiophene rings is 1. The summed E-state index contributed by atoms with van der Waals surface area (Å²) in [5.41, 5.74) is 2.82. The van der Waals surface area contributed by atoms with Crippen LogP contribution in [0.1, 0.15) is 16.0 Å². The maximum absolute atomic E-state index is 11.9. The minimum Gasteiger partial charge on any atom is -0.496 e. The number of hydrogen-bond acceptors (Lipinski definition) is 4. The average molecular weight is 300 g/mol. The van der Waals surface area contributed by atoms with Gasteiger partial charge in [0.1, 0.15) is 11.3 Å². The van der Waals surface area contributed by atoms with Crippen molar-refractivity contribution in [2.75, 3.05) is 7.11 Å². The van der Waals surface area contributed by atoms with Crippen LogP contribution in [0.2, 0.25) is 0 Å². The Morgan fingerprint density at radius 1 is 1.10 bits per heavy atom. The Hall–Kier alpha value is -2.07. The summed E-state index contributed by atoms with van der Waals surface area (Å²) < 4.78 is 11.0. The third-order valence-electron chi connectivity index (χ3n) is 3.76. The molecule has 21 heavy (non-hydrogen) atoms. The third-order valence-corrected chi connectivity index (χ3v) is 4.81. The number of benzene rings is 1. The molecule has 3 rings (SSSR count). The fourth-order valence-corrected chi connectivity index (χ4v) is 3.30. The van der Waals surface area contributed by atoms with Gasteiger partial charge in [-0.3, -0.25) is 0 Å². The molecule has 108 valence electrons. The molecule has 2 heterocycles. The first kappa shape index (κ1) is 13.9. The molecule has 0 saturated carbocycles. The molecule has 0 atom stereocenters. The summed E-state index contributed by atoms with van der Waals surface area (Å²) in [6.07, 6.45) is 0. The van der Waals surface area contributed by atoms with Crippen LogP contribution in [0.4, 0.5) is 0 Å². The van der Waals surface area contributed by atoms with E-state index < -0.39 is 0 Å². The van der Waals surface area contributed by atoms with Crippen molar-refractivity contribution < 1.29 is 9.15 Å². The first-order valence-corrected chi connectivity index (χ1v) is 7.51. The fraction of sp³-hybridized carbons (Fsp3) is 0.235. The largest absolute Gasteiger partial charge is 0.496 e. The van der Waals surface area contributed by atoms with E-state index in [1.54, 1.807) is 25.4 Å². The highest BCUT2D eigenvalue weighted by Crippen LogP contribution is 2.36. The molecule has 0 aliphatic rings. The summed E-state index contributed by atoms with van der Waals surface area (Å²) in [7, 11) is 1.64. The van der Waals surface area contributed by atoms with Crippen LogP contribution in [0.25, 0.3) is 21.4 Å². The van der Waals surface area contributed by atoms with Gasteiger partial charge in [-0.25, -0.2) is 4.79 Å². The van der Waals surface area contributed by atoms with E-state index in [4.69, 9.17) is 9.15 Å². The smallest absolute Gasteiger partial charge is 0.339 e. The van der Waals surface area contributed by atoms with Gasteiger partial charge in [-0.2, -0.15) is 0 Å². The van der Waals surface area contributed by atoms with Crippen LogP contribution in [0, 0.1) is 20.8 Å². The van der Waals surface area contributed by atoms with Gasteiger partial charge in [0.05, 0.1) is 12.5 Å². The van der Waals surface area contributed by atoms with Crippen molar-refractivity contribution >= 4 is 22.3 Å². The topological polar surface area (TPSA) is 39.4 Å². The third kappa shape index (κ3) is 2.25. The zero-order chi connectivity index (χ0) is 15.1. The van der Waals surface area contributed by atoms with Crippen molar-refractivity contribution in [3.63, 3.8) is 0 Å². The van der Waals surface area contributed by atoms with E-state index in [0.29, 0.717) is 11.1 Å². The second kappa shape index (κ2) is 5.04. The first-order valence-electron chi connectivity index (χ1n) is 6.70. The molecule has 4 heteroatoms. The van der Waals surface area contributed by atoms with Crippen LogP contribution < -0.4 is 10.4 Å². The van der Waals surface area contributed by atoms with Crippen molar-refractivity contribution in [2.45, 2.75) is 20.8 Å². The minimum atomic E-state index is -0.290. The van der Waals surface area contributed by atoms with Crippen molar-refractivity contribution in [3.8, 4) is 16.2 Å². The Labute approximate surface area is 126 Å². The monoisotopic (exact) mass is 300 g/mol. The SMILES string of the molecule is COc1cc(-c2ccc(C)s2)cc2oc(=O)c(C)c(C)c12. The Kier molecular flexibility index (Phi) is 3.33. The predicted octanol–water partition coefficient (Wildman–Crippen LogP) is 4.46. The fourth-order valence-electron chi connectivity index (χ4n) is 2.45. The van der Waals surface area contributed by atoms with Crippen LogP contribution >= 0.6 is 11.3 Å². The molecule has 0 fully saturated rings. The highest BCUT2D eigenvalue weighted by molar-refractivity contribution is 7.15. The van der Waals surface area contributed by atoms with Gasteiger partial charge in [-0.05, 0) is 56.2 Å². The second-order valence-corrected chi connectivity index (χ2v) is 6.39. The highest BCUT2D eigenvalue weighted by Gasteiger charge is 2.15. The van der Waals surface area contributed by atoms with E-state index in [-0.39, 0.29) is 5.63 Å². The number of aryl methyl sites for hydroxylation is 2. The van der Waals surface area contributed by atoms with Gasteiger partial charge in [-0.1, -0.05) is 0 Å². The average Bonchev–Trinajstić information content (AvgIpc) is 2.90. The molecule has 3 aromatic rings. The van der Waals surface area contributed by atoms with Gasteiger partial charge in [-0.15, -0.1) is 11.3 Å². The van der Waals surface area contributed by atoms with Gasteiger partial charge < -0.3 is 9.15 Å². The quantitative estimate of drug-likeness (QED) is 0.656. The molecule has 0 aliphatic heterocycles. The highest BCUT2D eigenvalue weighted by atomic mass is 32.1. The van der Waals surface area contributed by atoms with Crippen molar-refractivity contribution in [1.29, 1.82) is 0 Å². The second-order valence-electron chi connectivity index (χ2n) is 5.10. The number of fused-ring (bicyclic) bond motifs is 1. The van der Waals surface area contributed by atoms with Gasteiger partial charge >= 0.3 is 5.63 Å². The van der Waals surface area contributed by atoms with E-state index in [2.05, 4.69) is 19.1 Å². The maximum Gasteiger partial charge on any atom is 0.339 e. The lowest BCUT2D eigenvalue weighted by molar-refractivity contribution is 0.418. The van der Waals surface area contributed by atoms with Crippen LogP contribution in [-0.4, -0.2) is 7.11 Å². The van der Waals surface area contributed by atoms with Crippen LogP contribution in [0.15, 0.2) is 33.5 Å². The summed E-state index contributed by atoms with van der Waals surface area (Å²) in [6, 6.07) is 8.06. The molecule has 0 spiro atoms. The molecule has 0 N–H and O–H groups in total. The molecule has 0 unspecified atom stereocenters. The Morgan fingerprint density at radius 2 is 1.86 bits per heavy atom. The Bertz CT molecular complexity index is 887. The molecular weight excluding hydrogens is 284 g/mol. The molecule has 0 radical (unpaired) electrons. The lowest BCUT2D eigenvalue weighted by Crippen LogP contribution is -2.06. The molecular formula is C17H16O3S. The van der Waals surface area contributed by atoms with E-state index >= 15 is 0 Å². The van der Waals surface area contributed by atoms with Crippen LogP contribution in [-0.2, 0) is 0 Å². The van der Waals surface area contributed by atoms with Gasteiger partial charge in [0.25, 0.3) is 0 Å². The summed E-state index contributed by atoms with van der Waals surface area (Å²) >= 11 is 1.70. The summed E-state index contributed by atoms with van der Waals surface area (Å²) in [5, 5.41) is 0.867. The number of ether oxygens (including phenoxy) is 1. The maximum atomic E-state index is 11.9. The summed E-state index contributed by atoms with van der Waals surface area (Å²) in [5.74, 6) is 0.734. The van der Waals surface area contributed by atoms with Crippen LogP contribution in [0.3, 0.4) is 0 Å². The molecule has 3 nitrogen and oxygen atoms in total. The van der Waals surface area contributed by atoms with E-state index in [1.807, 2.05) is 19.1 Å². The number of rotatable bonds is 2. The lowest BCUT2D eigenvalue weighted by atomic mass is 10.0. The number of hydrogen-bond donors (Lipinski definition) is 0. The standard InChI is InChI=1S/C17H16O3S/c1-9-5-6-15(21-9)12-7-13(19-4)16-10(2)11(3)17(18)20-14(16)8-12/h5-8H,1-4H3. The lowest BCUT2D eigenvalue weighted by Gasteiger charge is -2.11. The van der Waals surface area contributed by atoms with Crippen molar-refractivity contribution in [2.24, 2.45) is 0 Å². The zero-order valence-corrected chi connectivity index (χ0v) is 13.3.